The molecule has 0 aromatic carbocycles. The molecule has 0 spiro atoms. The van der Waals surface area contributed by atoms with Crippen molar-refractivity contribution in [2.45, 2.75) is 115 Å². The van der Waals surface area contributed by atoms with E-state index in [9.17, 15) is 23.4 Å². The lowest BCUT2D eigenvalue weighted by molar-refractivity contribution is -0.282. The molecule has 4 aliphatic rings. The Morgan fingerprint density at radius 3 is 2.27 bits per heavy atom. The summed E-state index contributed by atoms with van der Waals surface area (Å²) in [5, 5.41) is 20.3. The van der Waals surface area contributed by atoms with Crippen LogP contribution in [0.2, 0.25) is 0 Å². The maximum absolute atomic E-state index is 13.4. The summed E-state index contributed by atoms with van der Waals surface area (Å²) in [6, 6.07) is 0. The summed E-state index contributed by atoms with van der Waals surface area (Å²) in [6.45, 7) is 6.27. The Morgan fingerprint density at radius 2 is 1.60 bits per heavy atom. The van der Waals surface area contributed by atoms with Crippen LogP contribution in [0.15, 0.2) is 0 Å². The average molecular weight is 431 g/mol. The van der Waals surface area contributed by atoms with Gasteiger partial charge in [-0.2, -0.15) is 13.2 Å². The highest BCUT2D eigenvalue weighted by molar-refractivity contribution is 5.07. The second-order valence-corrected chi connectivity index (χ2v) is 12.2. The number of halogens is 3. The topological polar surface area (TPSA) is 40.5 Å². The van der Waals surface area contributed by atoms with Crippen LogP contribution in [-0.2, 0) is 0 Å². The molecule has 0 saturated heterocycles. The lowest BCUT2D eigenvalue weighted by Crippen LogP contribution is -2.55. The van der Waals surface area contributed by atoms with Crippen molar-refractivity contribution in [2.75, 3.05) is 0 Å². The van der Waals surface area contributed by atoms with E-state index in [-0.39, 0.29) is 18.8 Å². The van der Waals surface area contributed by atoms with Crippen molar-refractivity contribution >= 4 is 0 Å². The first kappa shape index (κ1) is 22.9. The highest BCUT2D eigenvalue weighted by Gasteiger charge is 2.61. The summed E-state index contributed by atoms with van der Waals surface area (Å²) < 4.78 is 40.2. The molecule has 8 atom stereocenters. The van der Waals surface area contributed by atoms with Gasteiger partial charge in [-0.3, -0.25) is 0 Å². The molecule has 4 fully saturated rings. The minimum absolute atomic E-state index is 0.0416. The standard InChI is InChI=1S/C25H41F3O2/c1-22(2,29)12-4-5-17-7-9-21-20-8-6-16-15-24(30,25(26,27)28)14-11-18(16)19(20)10-13-23(17,21)3/h16-21,29-30H,4-15H2,1-3H3/t16-,17+,18-,19+,20+,21-,23+,24-/m0/s1. The van der Waals surface area contributed by atoms with Crippen LogP contribution in [0, 0.1) is 40.9 Å². The number of aliphatic hydroxyl groups is 2. The van der Waals surface area contributed by atoms with Gasteiger partial charge in [0, 0.05) is 0 Å². The second kappa shape index (κ2) is 7.64. The van der Waals surface area contributed by atoms with E-state index in [1.165, 1.54) is 25.7 Å². The fourth-order valence-electron chi connectivity index (χ4n) is 8.50. The van der Waals surface area contributed by atoms with Gasteiger partial charge < -0.3 is 10.2 Å². The Morgan fingerprint density at radius 1 is 0.900 bits per heavy atom. The van der Waals surface area contributed by atoms with Crippen LogP contribution < -0.4 is 0 Å². The third-order valence-electron chi connectivity index (χ3n) is 10.1. The molecule has 4 aliphatic carbocycles. The largest absolute Gasteiger partial charge is 0.417 e. The maximum atomic E-state index is 13.4. The molecule has 0 unspecified atom stereocenters. The Bertz CT molecular complexity index is 627. The van der Waals surface area contributed by atoms with E-state index in [2.05, 4.69) is 6.92 Å². The van der Waals surface area contributed by atoms with Crippen molar-refractivity contribution < 1.29 is 23.4 Å². The van der Waals surface area contributed by atoms with Crippen molar-refractivity contribution in [3.8, 4) is 0 Å². The van der Waals surface area contributed by atoms with Crippen molar-refractivity contribution in [1.29, 1.82) is 0 Å². The number of hydrogen-bond donors (Lipinski definition) is 2. The minimum atomic E-state index is -4.50. The molecule has 0 radical (unpaired) electrons. The zero-order chi connectivity index (χ0) is 21.9. The molecule has 4 saturated carbocycles. The third kappa shape index (κ3) is 3.95. The quantitative estimate of drug-likeness (QED) is 0.535. The highest BCUT2D eigenvalue weighted by Crippen LogP contribution is 2.65. The average Bonchev–Trinajstić information content (AvgIpc) is 2.96. The van der Waals surface area contributed by atoms with Gasteiger partial charge in [-0.05, 0) is 125 Å². The fraction of sp³-hybridized carbons (Fsp3) is 1.00. The summed E-state index contributed by atoms with van der Waals surface area (Å²) in [5.74, 6) is 3.10. The molecule has 2 N–H and O–H groups in total. The van der Waals surface area contributed by atoms with E-state index in [4.69, 9.17) is 0 Å². The monoisotopic (exact) mass is 430 g/mol. The van der Waals surface area contributed by atoms with Crippen molar-refractivity contribution in [1.82, 2.24) is 0 Å². The van der Waals surface area contributed by atoms with Crippen LogP contribution in [-0.4, -0.2) is 27.6 Å². The normalized spacial score (nSPS) is 46.8. The zero-order valence-corrected chi connectivity index (χ0v) is 19.0. The summed E-state index contributed by atoms with van der Waals surface area (Å²) >= 11 is 0. The van der Waals surface area contributed by atoms with E-state index >= 15 is 0 Å². The first-order valence-electron chi connectivity index (χ1n) is 12.4. The highest BCUT2D eigenvalue weighted by atomic mass is 19.4. The van der Waals surface area contributed by atoms with Gasteiger partial charge in [0.15, 0.2) is 5.60 Å². The lowest BCUT2D eigenvalue weighted by Gasteiger charge is -2.57. The lowest BCUT2D eigenvalue weighted by atomic mass is 9.49. The van der Waals surface area contributed by atoms with E-state index in [1.807, 2.05) is 13.8 Å². The summed E-state index contributed by atoms with van der Waals surface area (Å²) in [6.07, 6.45) is 5.80. The van der Waals surface area contributed by atoms with Crippen LogP contribution in [0.1, 0.15) is 97.8 Å². The molecule has 2 nitrogen and oxygen atoms in total. The second-order valence-electron chi connectivity index (χ2n) is 12.2. The Labute approximate surface area is 180 Å². The van der Waals surface area contributed by atoms with Crippen molar-refractivity contribution in [3.05, 3.63) is 0 Å². The van der Waals surface area contributed by atoms with Gasteiger partial charge in [0.25, 0.3) is 0 Å². The predicted molar refractivity (Wildman–Crippen MR) is 112 cm³/mol. The molecular formula is C25H41F3O2. The van der Waals surface area contributed by atoms with Gasteiger partial charge >= 0.3 is 6.18 Å². The third-order valence-corrected chi connectivity index (χ3v) is 10.1. The molecule has 0 amide bonds. The number of hydrogen-bond acceptors (Lipinski definition) is 2. The molecule has 5 heteroatoms. The van der Waals surface area contributed by atoms with E-state index in [1.54, 1.807) is 0 Å². The number of rotatable bonds is 4. The molecule has 0 aromatic rings. The van der Waals surface area contributed by atoms with Crippen LogP contribution >= 0.6 is 0 Å². The van der Waals surface area contributed by atoms with Gasteiger partial charge in [-0.15, -0.1) is 0 Å². The SMILES string of the molecule is CC(C)(O)CCC[C@@H]1CC[C@H]2[C@@H]3CC[C@H]4C[C@](O)(C(F)(F)F)CC[C@@H]4[C@H]3CC[C@]12C. The Hall–Kier alpha value is -0.290. The molecular weight excluding hydrogens is 389 g/mol. The zero-order valence-electron chi connectivity index (χ0n) is 19.0. The number of fused-ring (bicyclic) bond motifs is 5. The molecule has 30 heavy (non-hydrogen) atoms. The Balaban J connectivity index is 1.42. The van der Waals surface area contributed by atoms with Gasteiger partial charge in [0.2, 0.25) is 0 Å². The molecule has 0 aliphatic heterocycles. The fourth-order valence-corrected chi connectivity index (χ4v) is 8.50. The maximum Gasteiger partial charge on any atom is 0.417 e. The minimum Gasteiger partial charge on any atom is -0.390 e. The number of alkyl halides is 3. The molecule has 4 rings (SSSR count). The van der Waals surface area contributed by atoms with E-state index in [0.29, 0.717) is 35.5 Å². The van der Waals surface area contributed by atoms with Crippen LogP contribution in [0.25, 0.3) is 0 Å². The summed E-state index contributed by atoms with van der Waals surface area (Å²) in [5.41, 5.74) is -2.67. The van der Waals surface area contributed by atoms with E-state index < -0.39 is 17.4 Å². The van der Waals surface area contributed by atoms with Gasteiger partial charge in [0.1, 0.15) is 0 Å². The van der Waals surface area contributed by atoms with Crippen LogP contribution in [0.4, 0.5) is 13.2 Å². The molecule has 0 heterocycles. The molecule has 174 valence electrons. The first-order chi connectivity index (χ1) is 13.8. The van der Waals surface area contributed by atoms with Crippen molar-refractivity contribution in [3.63, 3.8) is 0 Å². The molecule has 0 aromatic heterocycles. The Kier molecular flexibility index (Phi) is 5.83. The van der Waals surface area contributed by atoms with Gasteiger partial charge in [0.05, 0.1) is 5.60 Å². The molecule has 0 bridgehead atoms. The summed E-state index contributed by atoms with van der Waals surface area (Å²) in [7, 11) is 0. The van der Waals surface area contributed by atoms with Crippen molar-refractivity contribution in [2.24, 2.45) is 40.9 Å². The van der Waals surface area contributed by atoms with Crippen LogP contribution in [0.5, 0.6) is 0 Å². The van der Waals surface area contributed by atoms with Crippen LogP contribution in [0.3, 0.4) is 0 Å². The predicted octanol–water partition coefficient (Wildman–Crippen LogP) is 6.49. The first-order valence-corrected chi connectivity index (χ1v) is 12.4. The summed E-state index contributed by atoms with van der Waals surface area (Å²) in [4.78, 5) is 0. The van der Waals surface area contributed by atoms with E-state index in [0.717, 1.165) is 38.0 Å². The smallest absolute Gasteiger partial charge is 0.390 e. The van der Waals surface area contributed by atoms with Gasteiger partial charge in [-0.25, -0.2) is 0 Å². The van der Waals surface area contributed by atoms with Gasteiger partial charge in [-0.1, -0.05) is 13.3 Å².